The molecule has 0 bridgehead atoms. The minimum absolute atomic E-state index is 0.183. The van der Waals surface area contributed by atoms with Crippen LogP contribution in [0.2, 0.25) is 0 Å². The van der Waals surface area contributed by atoms with E-state index in [2.05, 4.69) is 31.4 Å². The molecule has 2 N–H and O–H groups in total. The van der Waals surface area contributed by atoms with Crippen molar-refractivity contribution in [3.63, 3.8) is 0 Å². The van der Waals surface area contributed by atoms with Crippen LogP contribution in [-0.2, 0) is 11.2 Å². The van der Waals surface area contributed by atoms with E-state index in [0.717, 1.165) is 5.82 Å². The Hall–Kier alpha value is -1.67. The van der Waals surface area contributed by atoms with Crippen molar-refractivity contribution >= 4 is 40.1 Å². The molecule has 0 aromatic carbocycles. The molecule has 2 aromatic heterocycles. The van der Waals surface area contributed by atoms with Gasteiger partial charge in [-0.2, -0.15) is 5.10 Å². The summed E-state index contributed by atoms with van der Waals surface area (Å²) in [5.41, 5.74) is 0. The van der Waals surface area contributed by atoms with Crippen molar-refractivity contribution in [1.29, 1.82) is 0 Å². The van der Waals surface area contributed by atoms with Gasteiger partial charge in [0.2, 0.25) is 5.91 Å². The first kappa shape index (κ1) is 16.7. The molecule has 0 spiro atoms. The zero-order chi connectivity index (χ0) is 16.1. The molecule has 1 amide bonds. The predicted molar refractivity (Wildman–Crippen MR) is 90.0 cm³/mol. The van der Waals surface area contributed by atoms with Crippen molar-refractivity contribution in [2.24, 2.45) is 0 Å². The molecule has 0 atom stereocenters. The Morgan fingerprint density at radius 2 is 2.36 bits per heavy atom. The van der Waals surface area contributed by atoms with Gasteiger partial charge in [0.15, 0.2) is 9.44 Å². The summed E-state index contributed by atoms with van der Waals surface area (Å²) >= 11 is 8.39. The van der Waals surface area contributed by atoms with Gasteiger partial charge in [-0.25, -0.2) is 0 Å². The minimum atomic E-state index is -0.183. The Morgan fingerprint density at radius 1 is 1.59 bits per heavy atom. The van der Waals surface area contributed by atoms with Crippen LogP contribution in [0.3, 0.4) is 0 Å². The van der Waals surface area contributed by atoms with Crippen molar-refractivity contribution < 1.29 is 9.21 Å². The molecule has 2 aromatic rings. The Labute approximate surface area is 141 Å². The van der Waals surface area contributed by atoms with Crippen LogP contribution in [0.5, 0.6) is 0 Å². The normalized spacial score (nSPS) is 11.5. The highest BCUT2D eigenvalue weighted by atomic mass is 79.9. The number of aromatic nitrogens is 3. The van der Waals surface area contributed by atoms with Crippen molar-refractivity contribution in [3.8, 4) is 0 Å². The number of hydrogen-bond donors (Lipinski definition) is 2. The summed E-state index contributed by atoms with van der Waals surface area (Å²) in [4.78, 5) is 11.7. The monoisotopic (exact) mass is 384 g/mol. The maximum absolute atomic E-state index is 11.7. The van der Waals surface area contributed by atoms with Gasteiger partial charge in [-0.05, 0) is 60.2 Å². The number of hydrogen-bond acceptors (Lipinski definition) is 4. The number of carbonyl (C=O) groups excluding carboxylic acids is 1. The van der Waals surface area contributed by atoms with E-state index in [-0.39, 0.29) is 11.9 Å². The van der Waals surface area contributed by atoms with E-state index in [1.807, 2.05) is 18.4 Å². The number of H-pyrrole nitrogens is 1. The third-order valence-corrected chi connectivity index (χ3v) is 3.65. The third-order valence-electron chi connectivity index (χ3n) is 2.93. The van der Waals surface area contributed by atoms with E-state index in [1.165, 1.54) is 6.08 Å². The highest BCUT2D eigenvalue weighted by molar-refractivity contribution is 9.10. The Kier molecular flexibility index (Phi) is 5.73. The summed E-state index contributed by atoms with van der Waals surface area (Å²) in [6.07, 6.45) is 3.66. The van der Waals surface area contributed by atoms with E-state index < -0.39 is 0 Å². The van der Waals surface area contributed by atoms with Gasteiger partial charge in [0, 0.05) is 25.1 Å². The van der Waals surface area contributed by atoms with Crippen LogP contribution in [0.25, 0.3) is 6.08 Å². The molecule has 0 saturated carbocycles. The largest absolute Gasteiger partial charge is 0.450 e. The first-order valence-electron chi connectivity index (χ1n) is 6.84. The summed E-state index contributed by atoms with van der Waals surface area (Å²) in [5.74, 6) is 1.26. The van der Waals surface area contributed by atoms with Crippen molar-refractivity contribution in [2.45, 2.75) is 26.3 Å². The van der Waals surface area contributed by atoms with Gasteiger partial charge in [0.05, 0.1) is 0 Å². The fourth-order valence-electron chi connectivity index (χ4n) is 1.98. The van der Waals surface area contributed by atoms with Crippen LogP contribution in [-0.4, -0.2) is 27.2 Å². The number of carbonyl (C=O) groups is 1. The Morgan fingerprint density at radius 3 is 3.00 bits per heavy atom. The van der Waals surface area contributed by atoms with E-state index in [1.54, 1.807) is 18.2 Å². The molecule has 0 aliphatic heterocycles. The SMILES string of the molecule is CC(C)n1c(CCNC(=O)C=Cc2ccc(Br)o2)n[nH]c1=S. The van der Waals surface area contributed by atoms with Crippen molar-refractivity contribution in [1.82, 2.24) is 20.1 Å². The molecule has 0 aliphatic rings. The first-order chi connectivity index (χ1) is 10.5. The highest BCUT2D eigenvalue weighted by Gasteiger charge is 2.09. The molecule has 118 valence electrons. The second-order valence-electron chi connectivity index (χ2n) is 4.92. The van der Waals surface area contributed by atoms with Crippen LogP contribution in [0.1, 0.15) is 31.5 Å². The molecule has 0 saturated heterocycles. The molecule has 0 radical (unpaired) electrons. The number of furan rings is 1. The molecule has 8 heteroatoms. The van der Waals surface area contributed by atoms with Gasteiger partial charge >= 0.3 is 0 Å². The van der Waals surface area contributed by atoms with Crippen molar-refractivity contribution in [3.05, 3.63) is 39.2 Å². The summed E-state index contributed by atoms with van der Waals surface area (Å²) in [6.45, 7) is 4.56. The van der Waals surface area contributed by atoms with Crippen molar-refractivity contribution in [2.75, 3.05) is 6.54 Å². The second-order valence-corrected chi connectivity index (χ2v) is 6.09. The summed E-state index contributed by atoms with van der Waals surface area (Å²) < 4.78 is 8.44. The predicted octanol–water partition coefficient (Wildman–Crippen LogP) is 3.25. The van der Waals surface area contributed by atoms with Gasteiger partial charge < -0.3 is 14.3 Å². The fourth-order valence-corrected chi connectivity index (χ4v) is 2.66. The van der Waals surface area contributed by atoms with Crippen LogP contribution in [0.4, 0.5) is 0 Å². The molecule has 6 nitrogen and oxygen atoms in total. The average Bonchev–Trinajstić information content (AvgIpc) is 3.03. The maximum Gasteiger partial charge on any atom is 0.244 e. The number of rotatable bonds is 6. The highest BCUT2D eigenvalue weighted by Crippen LogP contribution is 2.14. The second kappa shape index (κ2) is 7.55. The lowest BCUT2D eigenvalue weighted by atomic mass is 10.3. The van der Waals surface area contributed by atoms with Gasteiger partial charge in [0.25, 0.3) is 0 Å². The standard InChI is InChI=1S/C14H17BrN4O2S/c1-9(2)19-12(17-18-14(19)22)7-8-16-13(20)6-4-10-3-5-11(15)21-10/h3-6,9H,7-8H2,1-2H3,(H,16,20)(H,18,22). The van der Waals surface area contributed by atoms with E-state index >= 15 is 0 Å². The topological polar surface area (TPSA) is 75.8 Å². The number of nitrogens with zero attached hydrogens (tertiary/aromatic N) is 2. The zero-order valence-corrected chi connectivity index (χ0v) is 14.7. The lowest BCUT2D eigenvalue weighted by Gasteiger charge is -2.10. The molecule has 2 rings (SSSR count). The van der Waals surface area contributed by atoms with Crippen LogP contribution in [0.15, 0.2) is 27.3 Å². The molecular weight excluding hydrogens is 368 g/mol. The zero-order valence-electron chi connectivity index (χ0n) is 12.3. The molecule has 22 heavy (non-hydrogen) atoms. The molecule has 0 fully saturated rings. The summed E-state index contributed by atoms with van der Waals surface area (Å²) in [7, 11) is 0. The van der Waals surface area contributed by atoms with Gasteiger partial charge in [0.1, 0.15) is 11.6 Å². The van der Waals surface area contributed by atoms with Crippen LogP contribution in [0, 0.1) is 4.77 Å². The molecule has 0 unspecified atom stereocenters. The average molecular weight is 385 g/mol. The first-order valence-corrected chi connectivity index (χ1v) is 8.04. The van der Waals surface area contributed by atoms with E-state index in [9.17, 15) is 4.79 Å². The quantitative estimate of drug-likeness (QED) is 0.591. The van der Waals surface area contributed by atoms with Gasteiger partial charge in [-0.15, -0.1) is 0 Å². The minimum Gasteiger partial charge on any atom is -0.450 e. The van der Waals surface area contributed by atoms with Crippen LogP contribution < -0.4 is 5.32 Å². The van der Waals surface area contributed by atoms with E-state index in [4.69, 9.17) is 16.6 Å². The maximum atomic E-state index is 11.7. The molecule has 0 aliphatic carbocycles. The molecular formula is C14H17BrN4O2S. The molecule has 2 heterocycles. The Balaban J connectivity index is 1.85. The van der Waals surface area contributed by atoms with Gasteiger partial charge in [-0.1, -0.05) is 0 Å². The fraction of sp³-hybridized carbons (Fsp3) is 0.357. The van der Waals surface area contributed by atoms with Crippen LogP contribution >= 0.6 is 28.1 Å². The lowest BCUT2D eigenvalue weighted by Crippen LogP contribution is -2.24. The Bertz CT molecular complexity index is 729. The number of aromatic amines is 1. The summed E-state index contributed by atoms with van der Waals surface area (Å²) in [5, 5.41) is 9.77. The van der Waals surface area contributed by atoms with E-state index in [0.29, 0.717) is 28.2 Å². The lowest BCUT2D eigenvalue weighted by molar-refractivity contribution is -0.116. The number of halogens is 1. The number of amides is 1. The third kappa shape index (κ3) is 4.41. The number of nitrogens with one attached hydrogen (secondary N) is 2. The summed E-state index contributed by atoms with van der Waals surface area (Å²) in [6, 6.07) is 3.77. The smallest absolute Gasteiger partial charge is 0.244 e. The van der Waals surface area contributed by atoms with Gasteiger partial charge in [-0.3, -0.25) is 9.89 Å².